The van der Waals surface area contributed by atoms with Gasteiger partial charge in [-0.1, -0.05) is 24.3 Å². The number of hydrogen-bond acceptors (Lipinski definition) is 3. The number of halogens is 2. The molecule has 112 valence electrons. The minimum Gasteiger partial charge on any atom is -0.318 e. The Morgan fingerprint density at radius 3 is 2.86 bits per heavy atom. The second kappa shape index (κ2) is 5.88. The zero-order chi connectivity index (χ0) is 15.5. The lowest BCUT2D eigenvalue weighted by Crippen LogP contribution is -2.13. The number of rotatable bonds is 4. The summed E-state index contributed by atoms with van der Waals surface area (Å²) in [5.41, 5.74) is 1.31. The van der Waals surface area contributed by atoms with E-state index in [1.165, 1.54) is 12.4 Å². The van der Waals surface area contributed by atoms with Gasteiger partial charge < -0.3 is 5.32 Å². The predicted molar refractivity (Wildman–Crippen MR) is 77.9 cm³/mol. The van der Waals surface area contributed by atoms with Crippen molar-refractivity contribution in [2.24, 2.45) is 0 Å². The molecule has 0 radical (unpaired) electrons. The number of amides is 1. The molecule has 0 bridgehead atoms. The average Bonchev–Trinajstić information content (AvgIpc) is 2.93. The second-order valence-corrected chi connectivity index (χ2v) is 4.69. The molecule has 0 saturated heterocycles. The maximum Gasteiger partial charge on any atom is 0.274 e. The average molecular weight is 302 g/mol. The van der Waals surface area contributed by atoms with Crippen molar-refractivity contribution in [3.63, 3.8) is 0 Å². The molecule has 0 fully saturated rings. The molecule has 3 aromatic rings. The molecule has 1 amide bonds. The van der Waals surface area contributed by atoms with Crippen LogP contribution in [0, 0.1) is 0 Å². The van der Waals surface area contributed by atoms with Gasteiger partial charge in [0.05, 0.1) is 17.4 Å². The molecule has 3 rings (SSSR count). The maximum atomic E-state index is 12.2. The molecule has 2 aromatic heterocycles. The molecule has 0 spiro atoms. The van der Waals surface area contributed by atoms with E-state index in [2.05, 4.69) is 15.4 Å². The van der Waals surface area contributed by atoms with Crippen LogP contribution in [-0.2, 0) is 6.54 Å². The Balaban J connectivity index is 1.76. The van der Waals surface area contributed by atoms with E-state index >= 15 is 0 Å². The van der Waals surface area contributed by atoms with Crippen molar-refractivity contribution in [1.82, 2.24) is 14.8 Å². The Hall–Kier alpha value is -2.83. The Labute approximate surface area is 124 Å². The van der Waals surface area contributed by atoms with Crippen molar-refractivity contribution in [3.8, 4) is 0 Å². The van der Waals surface area contributed by atoms with Gasteiger partial charge in [-0.3, -0.25) is 9.48 Å². The highest BCUT2D eigenvalue weighted by molar-refractivity contribution is 6.03. The summed E-state index contributed by atoms with van der Waals surface area (Å²) in [5.74, 6) is -0.414. The number of anilines is 1. The van der Waals surface area contributed by atoms with Gasteiger partial charge in [-0.25, -0.2) is 13.8 Å². The molecular weight excluding hydrogens is 290 g/mol. The van der Waals surface area contributed by atoms with Crippen LogP contribution in [0.25, 0.3) is 10.9 Å². The largest absolute Gasteiger partial charge is 0.318 e. The number of nitrogens with zero attached hydrogens (tertiary/aromatic N) is 3. The summed E-state index contributed by atoms with van der Waals surface area (Å²) in [6.07, 6.45) is 0.178. The van der Waals surface area contributed by atoms with E-state index in [1.807, 2.05) is 24.3 Å². The number of carbonyl (C=O) groups excluding carboxylic acids is 1. The summed E-state index contributed by atoms with van der Waals surface area (Å²) in [6, 6.07) is 10.9. The monoisotopic (exact) mass is 302 g/mol. The smallest absolute Gasteiger partial charge is 0.274 e. The molecule has 0 unspecified atom stereocenters. The van der Waals surface area contributed by atoms with E-state index in [-0.39, 0.29) is 5.69 Å². The first-order valence-electron chi connectivity index (χ1n) is 6.59. The number of hydrogen-bond donors (Lipinski definition) is 1. The summed E-state index contributed by atoms with van der Waals surface area (Å²) in [6.45, 7) is -0.510. The van der Waals surface area contributed by atoms with Gasteiger partial charge in [-0.05, 0) is 12.1 Å². The molecule has 1 aromatic carbocycles. The minimum absolute atomic E-state index is 0.250. The van der Waals surface area contributed by atoms with E-state index in [1.54, 1.807) is 12.1 Å². The molecule has 7 heteroatoms. The van der Waals surface area contributed by atoms with Crippen LogP contribution < -0.4 is 5.32 Å². The Bertz CT molecular complexity index is 816. The zero-order valence-electron chi connectivity index (χ0n) is 11.4. The first-order chi connectivity index (χ1) is 10.6. The fourth-order valence-electron chi connectivity index (χ4n) is 2.06. The number of para-hydroxylation sites is 1. The number of benzene rings is 1. The molecule has 5 nitrogen and oxygen atoms in total. The maximum absolute atomic E-state index is 12.2. The lowest BCUT2D eigenvalue weighted by Gasteiger charge is -2.03. The van der Waals surface area contributed by atoms with Crippen LogP contribution in [-0.4, -0.2) is 27.1 Å². The van der Waals surface area contributed by atoms with Crippen molar-refractivity contribution in [1.29, 1.82) is 0 Å². The van der Waals surface area contributed by atoms with Crippen LogP contribution in [0.1, 0.15) is 10.5 Å². The fourth-order valence-corrected chi connectivity index (χ4v) is 2.06. The summed E-state index contributed by atoms with van der Waals surface area (Å²) >= 11 is 0. The molecule has 1 N–H and O–H groups in total. The highest BCUT2D eigenvalue weighted by atomic mass is 19.3. The Kier molecular flexibility index (Phi) is 3.78. The van der Waals surface area contributed by atoms with Crippen LogP contribution in [0.15, 0.2) is 48.8 Å². The molecule has 0 aliphatic rings. The first-order valence-corrected chi connectivity index (χ1v) is 6.59. The van der Waals surface area contributed by atoms with Crippen molar-refractivity contribution in [2.75, 3.05) is 5.32 Å². The van der Waals surface area contributed by atoms with Crippen LogP contribution >= 0.6 is 0 Å². The van der Waals surface area contributed by atoms with Crippen molar-refractivity contribution in [3.05, 3.63) is 54.5 Å². The predicted octanol–water partition coefficient (Wildman–Crippen LogP) is 2.95. The second-order valence-electron chi connectivity index (χ2n) is 4.69. The highest BCUT2D eigenvalue weighted by Crippen LogP contribution is 2.13. The third-order valence-electron chi connectivity index (χ3n) is 3.05. The van der Waals surface area contributed by atoms with Gasteiger partial charge in [0.25, 0.3) is 12.3 Å². The third kappa shape index (κ3) is 3.08. The molecule has 0 aliphatic heterocycles. The lowest BCUT2D eigenvalue weighted by atomic mass is 10.2. The van der Waals surface area contributed by atoms with Gasteiger partial charge in [0.2, 0.25) is 0 Å². The fraction of sp³-hybridized carbons (Fsp3) is 0.133. The Morgan fingerprint density at radius 2 is 2.05 bits per heavy atom. The number of nitrogens with one attached hydrogen (secondary N) is 1. The molecular formula is C15H12F2N4O. The molecule has 2 heterocycles. The van der Waals surface area contributed by atoms with E-state index in [9.17, 15) is 13.6 Å². The van der Waals surface area contributed by atoms with Crippen LogP contribution in [0.4, 0.5) is 14.5 Å². The summed E-state index contributed by atoms with van der Waals surface area (Å²) in [7, 11) is 0. The van der Waals surface area contributed by atoms with Gasteiger partial charge >= 0.3 is 0 Å². The molecule has 22 heavy (non-hydrogen) atoms. The molecule has 0 aliphatic carbocycles. The van der Waals surface area contributed by atoms with Crippen molar-refractivity contribution < 1.29 is 13.6 Å². The summed E-state index contributed by atoms with van der Waals surface area (Å²) in [5, 5.41) is 7.28. The van der Waals surface area contributed by atoms with Gasteiger partial charge in [0, 0.05) is 11.6 Å². The number of aromatic nitrogens is 3. The number of alkyl halides is 2. The first kappa shape index (κ1) is 14.1. The van der Waals surface area contributed by atoms with Crippen molar-refractivity contribution >= 4 is 22.5 Å². The zero-order valence-corrected chi connectivity index (χ0v) is 11.4. The normalized spacial score (nSPS) is 11.0. The van der Waals surface area contributed by atoms with Crippen LogP contribution in [0.2, 0.25) is 0 Å². The highest BCUT2D eigenvalue weighted by Gasteiger charge is 2.11. The Morgan fingerprint density at radius 1 is 1.23 bits per heavy atom. The lowest BCUT2D eigenvalue weighted by molar-refractivity contribution is 0.102. The van der Waals surface area contributed by atoms with Crippen LogP contribution in [0.3, 0.4) is 0 Å². The van der Waals surface area contributed by atoms with E-state index < -0.39 is 18.9 Å². The van der Waals surface area contributed by atoms with E-state index in [4.69, 9.17) is 0 Å². The third-order valence-corrected chi connectivity index (χ3v) is 3.05. The van der Waals surface area contributed by atoms with Gasteiger partial charge in [-0.2, -0.15) is 5.10 Å². The quantitative estimate of drug-likeness (QED) is 0.806. The summed E-state index contributed by atoms with van der Waals surface area (Å²) < 4.78 is 25.6. The van der Waals surface area contributed by atoms with E-state index in [0.717, 1.165) is 10.1 Å². The van der Waals surface area contributed by atoms with E-state index in [0.29, 0.717) is 11.2 Å². The van der Waals surface area contributed by atoms with Gasteiger partial charge in [-0.15, -0.1) is 0 Å². The number of pyridine rings is 1. The SMILES string of the molecule is O=C(Nc1cnn(CC(F)F)c1)c1ccc2ccccc2n1. The molecule has 0 saturated carbocycles. The topological polar surface area (TPSA) is 59.8 Å². The molecule has 0 atom stereocenters. The number of fused-ring (bicyclic) bond motifs is 1. The van der Waals surface area contributed by atoms with Gasteiger partial charge in [0.15, 0.2) is 0 Å². The standard InChI is InChI=1S/C15H12F2N4O/c16-14(17)9-21-8-11(7-18-21)19-15(22)13-6-5-10-3-1-2-4-12(10)20-13/h1-8,14H,9H2,(H,19,22). The van der Waals surface area contributed by atoms with Crippen LogP contribution in [0.5, 0.6) is 0 Å². The minimum atomic E-state index is -2.49. The summed E-state index contributed by atoms with van der Waals surface area (Å²) in [4.78, 5) is 16.4. The van der Waals surface area contributed by atoms with Gasteiger partial charge in [0.1, 0.15) is 12.2 Å². The number of carbonyl (C=O) groups is 1. The van der Waals surface area contributed by atoms with Crippen molar-refractivity contribution in [2.45, 2.75) is 13.0 Å².